The molecule has 0 aromatic carbocycles. The number of hydrogen-bond acceptors (Lipinski definition) is 2. The molecule has 0 aromatic rings. The highest BCUT2D eigenvalue weighted by Crippen LogP contribution is 2.20. The van der Waals surface area contributed by atoms with Crippen LogP contribution in [0.25, 0.3) is 0 Å². The van der Waals surface area contributed by atoms with Crippen molar-refractivity contribution in [1.29, 1.82) is 0 Å². The number of carbonyl (C=O) groups is 1. The lowest BCUT2D eigenvalue weighted by atomic mass is 9.91. The quantitative estimate of drug-likeness (QED) is 0.128. The maximum absolute atomic E-state index is 12.0. The van der Waals surface area contributed by atoms with Crippen LogP contribution in [0.4, 0.5) is 0 Å². The minimum atomic E-state index is -0.787. The maximum atomic E-state index is 12.0. The molecule has 0 aliphatic carbocycles. The number of nitrogens with one attached hydrogen (secondary N) is 1. The minimum Gasteiger partial charge on any atom is -0.388 e. The van der Waals surface area contributed by atoms with Gasteiger partial charge in [0.2, 0.25) is 5.91 Å². The highest BCUT2D eigenvalue weighted by molar-refractivity contribution is 5.87. The number of rotatable bonds is 19. The van der Waals surface area contributed by atoms with Gasteiger partial charge in [-0.3, -0.25) is 4.79 Å². The third kappa shape index (κ3) is 19.8. The second-order valence-corrected chi connectivity index (χ2v) is 8.25. The molecule has 0 bridgehead atoms. The topological polar surface area (TPSA) is 49.3 Å². The smallest absolute Gasteiger partial charge is 0.244 e. The van der Waals surface area contributed by atoms with Gasteiger partial charge in [-0.2, -0.15) is 0 Å². The molecule has 0 saturated carbocycles. The van der Waals surface area contributed by atoms with Crippen LogP contribution in [0.3, 0.4) is 0 Å². The molecular formula is C28H47NO2. The van der Waals surface area contributed by atoms with Gasteiger partial charge in [0.1, 0.15) is 0 Å². The number of allylic oxidation sites excluding steroid dienone is 9. The Balaban J connectivity index is 4.07. The summed E-state index contributed by atoms with van der Waals surface area (Å²) >= 11 is 0. The van der Waals surface area contributed by atoms with Gasteiger partial charge in [-0.25, -0.2) is 0 Å². The van der Waals surface area contributed by atoms with Crippen molar-refractivity contribution in [2.24, 2.45) is 0 Å². The fourth-order valence-electron chi connectivity index (χ4n) is 3.27. The van der Waals surface area contributed by atoms with E-state index in [1.165, 1.54) is 31.8 Å². The third-order valence-corrected chi connectivity index (χ3v) is 5.13. The predicted molar refractivity (Wildman–Crippen MR) is 136 cm³/mol. The fourth-order valence-corrected chi connectivity index (χ4v) is 3.27. The zero-order valence-electron chi connectivity index (χ0n) is 20.3. The van der Waals surface area contributed by atoms with Gasteiger partial charge in [-0.05, 0) is 32.1 Å². The summed E-state index contributed by atoms with van der Waals surface area (Å²) < 4.78 is 0. The Labute approximate surface area is 192 Å². The Morgan fingerprint density at radius 2 is 1.32 bits per heavy atom. The average molecular weight is 430 g/mol. The Hall–Kier alpha value is -1.87. The van der Waals surface area contributed by atoms with E-state index in [0.29, 0.717) is 6.54 Å². The third-order valence-electron chi connectivity index (χ3n) is 5.13. The second kappa shape index (κ2) is 21.4. The van der Waals surface area contributed by atoms with Crippen LogP contribution in [0.2, 0.25) is 0 Å². The SMILES string of the molecule is CCCCC=CC=CCCC=CC=CC=CC(=O)NCC(O)(CCC)CCCCCC. The first kappa shape index (κ1) is 29.1. The summed E-state index contributed by atoms with van der Waals surface area (Å²) in [5.41, 5.74) is -0.787. The van der Waals surface area contributed by atoms with Crippen LogP contribution >= 0.6 is 0 Å². The highest BCUT2D eigenvalue weighted by atomic mass is 16.3. The average Bonchev–Trinajstić information content (AvgIpc) is 2.76. The van der Waals surface area contributed by atoms with E-state index in [1.54, 1.807) is 6.08 Å². The normalized spacial score (nSPS) is 14.6. The van der Waals surface area contributed by atoms with E-state index in [2.05, 4.69) is 56.5 Å². The molecule has 1 atom stereocenters. The second-order valence-electron chi connectivity index (χ2n) is 8.25. The van der Waals surface area contributed by atoms with Gasteiger partial charge in [-0.15, -0.1) is 0 Å². The van der Waals surface area contributed by atoms with Gasteiger partial charge in [0.25, 0.3) is 0 Å². The molecule has 0 heterocycles. The van der Waals surface area contributed by atoms with Crippen molar-refractivity contribution >= 4 is 5.91 Å². The molecule has 0 spiro atoms. The molecule has 0 aliphatic rings. The van der Waals surface area contributed by atoms with Crippen molar-refractivity contribution in [2.45, 2.75) is 103 Å². The molecular weight excluding hydrogens is 382 g/mol. The van der Waals surface area contributed by atoms with E-state index in [1.807, 2.05) is 18.2 Å². The number of unbranched alkanes of at least 4 members (excludes halogenated alkanes) is 6. The first-order valence-corrected chi connectivity index (χ1v) is 12.4. The molecule has 3 nitrogen and oxygen atoms in total. The first-order chi connectivity index (χ1) is 15.1. The van der Waals surface area contributed by atoms with Crippen molar-refractivity contribution in [2.75, 3.05) is 6.54 Å². The summed E-state index contributed by atoms with van der Waals surface area (Å²) in [6.07, 6.45) is 32.4. The molecule has 3 heteroatoms. The summed E-state index contributed by atoms with van der Waals surface area (Å²) in [5.74, 6) is -0.158. The van der Waals surface area contributed by atoms with Crippen LogP contribution in [0.1, 0.15) is 97.8 Å². The van der Waals surface area contributed by atoms with Crippen molar-refractivity contribution in [3.05, 3.63) is 60.8 Å². The van der Waals surface area contributed by atoms with Gasteiger partial charge in [0, 0.05) is 12.6 Å². The number of carbonyl (C=O) groups excluding carboxylic acids is 1. The number of aliphatic hydroxyl groups is 1. The molecule has 1 unspecified atom stereocenters. The molecule has 0 fully saturated rings. The molecule has 0 aromatic heterocycles. The standard InChI is InChI=1S/C28H47NO2/c1-4-7-9-11-12-13-14-15-16-17-18-19-20-21-23-27(30)29-26-28(31,24-6-3)25-22-10-8-5-2/h11-14,17-21,23,31H,4-10,15-16,22,24-26H2,1-3H3,(H,29,30). The van der Waals surface area contributed by atoms with Crippen LogP contribution in [0, 0.1) is 0 Å². The van der Waals surface area contributed by atoms with E-state index in [9.17, 15) is 9.90 Å². The summed E-state index contributed by atoms with van der Waals surface area (Å²) in [5, 5.41) is 13.6. The lowest BCUT2D eigenvalue weighted by molar-refractivity contribution is -0.118. The van der Waals surface area contributed by atoms with E-state index in [4.69, 9.17) is 0 Å². The molecule has 2 N–H and O–H groups in total. The van der Waals surface area contributed by atoms with Crippen molar-refractivity contribution < 1.29 is 9.90 Å². The van der Waals surface area contributed by atoms with E-state index in [0.717, 1.165) is 51.4 Å². The molecule has 0 aliphatic heterocycles. The zero-order valence-corrected chi connectivity index (χ0v) is 20.3. The van der Waals surface area contributed by atoms with E-state index >= 15 is 0 Å². The summed E-state index contributed by atoms with van der Waals surface area (Å²) in [4.78, 5) is 12.0. The summed E-state index contributed by atoms with van der Waals surface area (Å²) in [7, 11) is 0. The van der Waals surface area contributed by atoms with Gasteiger partial charge in [-0.1, -0.05) is 120 Å². The highest BCUT2D eigenvalue weighted by Gasteiger charge is 2.25. The zero-order chi connectivity index (χ0) is 23.0. The largest absolute Gasteiger partial charge is 0.388 e. The Morgan fingerprint density at radius 1 is 0.710 bits per heavy atom. The first-order valence-electron chi connectivity index (χ1n) is 12.4. The summed E-state index contributed by atoms with van der Waals surface area (Å²) in [6, 6.07) is 0. The lowest BCUT2D eigenvalue weighted by Gasteiger charge is -2.28. The van der Waals surface area contributed by atoms with E-state index in [-0.39, 0.29) is 5.91 Å². The molecule has 1 amide bonds. The maximum Gasteiger partial charge on any atom is 0.244 e. The van der Waals surface area contributed by atoms with Crippen LogP contribution in [0.15, 0.2) is 60.8 Å². The fraction of sp³-hybridized carbons (Fsp3) is 0.607. The van der Waals surface area contributed by atoms with Crippen LogP contribution in [-0.4, -0.2) is 23.2 Å². The van der Waals surface area contributed by atoms with Gasteiger partial charge >= 0.3 is 0 Å². The van der Waals surface area contributed by atoms with E-state index < -0.39 is 5.60 Å². The van der Waals surface area contributed by atoms with Gasteiger partial charge < -0.3 is 10.4 Å². The predicted octanol–water partition coefficient (Wildman–Crippen LogP) is 7.36. The Kier molecular flexibility index (Phi) is 20.1. The van der Waals surface area contributed by atoms with Gasteiger partial charge in [0.05, 0.1) is 5.60 Å². The molecule has 0 rings (SSSR count). The van der Waals surface area contributed by atoms with Gasteiger partial charge in [0.15, 0.2) is 0 Å². The van der Waals surface area contributed by atoms with Crippen LogP contribution in [-0.2, 0) is 4.79 Å². The van der Waals surface area contributed by atoms with Crippen molar-refractivity contribution in [3.63, 3.8) is 0 Å². The monoisotopic (exact) mass is 429 g/mol. The number of amides is 1. The molecule has 0 saturated heterocycles. The molecule has 31 heavy (non-hydrogen) atoms. The molecule has 0 radical (unpaired) electrons. The Bertz CT molecular complexity index is 572. The van der Waals surface area contributed by atoms with Crippen LogP contribution in [0.5, 0.6) is 0 Å². The van der Waals surface area contributed by atoms with Crippen molar-refractivity contribution in [3.8, 4) is 0 Å². The summed E-state index contributed by atoms with van der Waals surface area (Å²) in [6.45, 7) is 6.78. The lowest BCUT2D eigenvalue weighted by Crippen LogP contribution is -2.42. The molecule has 176 valence electrons. The van der Waals surface area contributed by atoms with Crippen molar-refractivity contribution in [1.82, 2.24) is 5.32 Å². The number of hydrogen-bond donors (Lipinski definition) is 2. The van der Waals surface area contributed by atoms with Crippen LogP contribution < -0.4 is 5.32 Å². The minimum absolute atomic E-state index is 0.158. The Morgan fingerprint density at radius 3 is 1.97 bits per heavy atom.